The van der Waals surface area contributed by atoms with Crippen LogP contribution in [0.3, 0.4) is 0 Å². The molecule has 0 unspecified atom stereocenters. The minimum Gasteiger partial charge on any atom is -0.366 e. The smallest absolute Gasteiger partial charge is 0.152 e. The van der Waals surface area contributed by atoms with Crippen LogP contribution in [-0.4, -0.2) is 11.3 Å². The number of carbonyl (C=O) groups is 1. The van der Waals surface area contributed by atoms with Gasteiger partial charge in [-0.05, 0) is 15.9 Å². The summed E-state index contributed by atoms with van der Waals surface area (Å²) >= 11 is 3.16. The Morgan fingerprint density at radius 2 is 2.38 bits per heavy atom. The first kappa shape index (κ1) is 5.56. The Hall–Kier alpha value is -0.570. The minimum atomic E-state index is 0.657. The summed E-state index contributed by atoms with van der Waals surface area (Å²) in [6.45, 7) is 0. The maximum Gasteiger partial charge on any atom is 0.152 e. The molecule has 42 valence electrons. The van der Waals surface area contributed by atoms with Crippen LogP contribution < -0.4 is 0 Å². The van der Waals surface area contributed by atoms with Crippen molar-refractivity contribution in [3.63, 3.8) is 0 Å². The highest BCUT2D eigenvalue weighted by molar-refractivity contribution is 9.10. The van der Waals surface area contributed by atoms with Crippen molar-refractivity contribution in [1.82, 2.24) is 4.98 Å². The highest BCUT2D eigenvalue weighted by Crippen LogP contribution is 2.11. The molecule has 1 N–H and O–H groups in total. The third-order valence-corrected chi connectivity index (χ3v) is 1.54. The molecule has 3 heteroatoms. The Labute approximate surface area is 55.0 Å². The summed E-state index contributed by atoms with van der Waals surface area (Å²) in [5.41, 5.74) is 0.657. The zero-order chi connectivity index (χ0) is 5.98. The van der Waals surface area contributed by atoms with E-state index in [0.717, 1.165) is 10.8 Å². The number of aromatic amines is 1. The van der Waals surface area contributed by atoms with Gasteiger partial charge in [0, 0.05) is 22.4 Å². The van der Waals surface area contributed by atoms with Gasteiger partial charge in [0.25, 0.3) is 0 Å². The van der Waals surface area contributed by atoms with Gasteiger partial charge in [-0.3, -0.25) is 4.79 Å². The summed E-state index contributed by atoms with van der Waals surface area (Å²) < 4.78 is 0.813. The van der Waals surface area contributed by atoms with E-state index in [9.17, 15) is 4.79 Å². The fraction of sp³-hybridized carbons (Fsp3) is 0. The van der Waals surface area contributed by atoms with E-state index >= 15 is 0 Å². The van der Waals surface area contributed by atoms with E-state index in [2.05, 4.69) is 20.9 Å². The van der Waals surface area contributed by atoms with Gasteiger partial charge in [-0.1, -0.05) is 0 Å². The highest BCUT2D eigenvalue weighted by Gasteiger charge is 1.94. The lowest BCUT2D eigenvalue weighted by Crippen LogP contribution is -1.70. The first-order valence-electron chi connectivity index (χ1n) is 2.12. The molecule has 0 saturated carbocycles. The van der Waals surface area contributed by atoms with Crippen LogP contribution in [0.15, 0.2) is 16.9 Å². The molecule has 0 aliphatic rings. The van der Waals surface area contributed by atoms with E-state index in [1.54, 1.807) is 12.4 Å². The first-order valence-corrected chi connectivity index (χ1v) is 2.91. The van der Waals surface area contributed by atoms with Crippen molar-refractivity contribution >= 4 is 22.2 Å². The largest absolute Gasteiger partial charge is 0.366 e. The summed E-state index contributed by atoms with van der Waals surface area (Å²) in [7, 11) is 0. The van der Waals surface area contributed by atoms with E-state index in [-0.39, 0.29) is 0 Å². The molecule has 0 amide bonds. The molecule has 1 rings (SSSR count). The Kier molecular flexibility index (Phi) is 1.48. The molecule has 0 aliphatic carbocycles. The third kappa shape index (κ3) is 0.816. The standard InChI is InChI=1S/C5H4BrNO/c6-5-2-7-1-4(5)3-8/h1-3,7H. The first-order chi connectivity index (χ1) is 3.84. The van der Waals surface area contributed by atoms with E-state index < -0.39 is 0 Å². The third-order valence-electron chi connectivity index (χ3n) is 0.852. The molecule has 1 heterocycles. The van der Waals surface area contributed by atoms with Gasteiger partial charge in [0.05, 0.1) is 0 Å². The number of rotatable bonds is 1. The number of hydrogen-bond acceptors (Lipinski definition) is 1. The molecule has 2 nitrogen and oxygen atoms in total. The normalized spacial score (nSPS) is 9.12. The van der Waals surface area contributed by atoms with Crippen molar-refractivity contribution in [2.24, 2.45) is 0 Å². The Morgan fingerprint density at radius 3 is 2.62 bits per heavy atom. The molecule has 0 atom stereocenters. The Balaban J connectivity index is 3.09. The number of nitrogens with one attached hydrogen (secondary N) is 1. The predicted molar refractivity (Wildman–Crippen MR) is 33.9 cm³/mol. The van der Waals surface area contributed by atoms with Crippen molar-refractivity contribution in [3.8, 4) is 0 Å². The van der Waals surface area contributed by atoms with Crippen LogP contribution in [0, 0.1) is 0 Å². The topological polar surface area (TPSA) is 32.9 Å². The van der Waals surface area contributed by atoms with Crippen LogP contribution in [0.5, 0.6) is 0 Å². The van der Waals surface area contributed by atoms with Gasteiger partial charge in [-0.25, -0.2) is 0 Å². The number of carbonyl (C=O) groups excluding carboxylic acids is 1. The lowest BCUT2D eigenvalue weighted by atomic mass is 10.4. The quantitative estimate of drug-likeness (QED) is 0.644. The zero-order valence-electron chi connectivity index (χ0n) is 4.02. The molecular formula is C5H4BrNO. The fourth-order valence-electron chi connectivity index (χ4n) is 0.447. The molecule has 0 aliphatic heterocycles. The Bertz CT molecular complexity index is 194. The van der Waals surface area contributed by atoms with E-state index in [0.29, 0.717) is 5.56 Å². The van der Waals surface area contributed by atoms with Gasteiger partial charge in [-0.2, -0.15) is 0 Å². The molecule has 0 aromatic carbocycles. The number of H-pyrrole nitrogens is 1. The monoisotopic (exact) mass is 173 g/mol. The van der Waals surface area contributed by atoms with Crippen LogP contribution in [0.1, 0.15) is 10.4 Å². The highest BCUT2D eigenvalue weighted by atomic mass is 79.9. The average molecular weight is 174 g/mol. The van der Waals surface area contributed by atoms with Gasteiger partial charge in [0.15, 0.2) is 6.29 Å². The van der Waals surface area contributed by atoms with E-state index in [1.807, 2.05) is 0 Å². The van der Waals surface area contributed by atoms with Crippen LogP contribution >= 0.6 is 15.9 Å². The van der Waals surface area contributed by atoms with Crippen molar-refractivity contribution in [2.75, 3.05) is 0 Å². The van der Waals surface area contributed by atoms with Gasteiger partial charge in [-0.15, -0.1) is 0 Å². The number of halogens is 1. The molecule has 0 radical (unpaired) electrons. The summed E-state index contributed by atoms with van der Waals surface area (Å²) in [6.07, 6.45) is 4.14. The van der Waals surface area contributed by atoms with Crippen molar-refractivity contribution < 1.29 is 4.79 Å². The van der Waals surface area contributed by atoms with Gasteiger partial charge in [0.2, 0.25) is 0 Å². The summed E-state index contributed by atoms with van der Waals surface area (Å²) in [4.78, 5) is 12.8. The molecule has 1 aromatic heterocycles. The summed E-state index contributed by atoms with van der Waals surface area (Å²) in [5, 5.41) is 0. The Morgan fingerprint density at radius 1 is 1.62 bits per heavy atom. The van der Waals surface area contributed by atoms with Crippen molar-refractivity contribution in [3.05, 3.63) is 22.4 Å². The maximum atomic E-state index is 10.0. The molecule has 1 aromatic rings. The van der Waals surface area contributed by atoms with Crippen LogP contribution in [0.25, 0.3) is 0 Å². The minimum absolute atomic E-state index is 0.657. The zero-order valence-corrected chi connectivity index (χ0v) is 5.60. The SMILES string of the molecule is O=Cc1c[nH]cc1Br. The molecule has 0 spiro atoms. The second-order valence-corrected chi connectivity index (χ2v) is 2.23. The maximum absolute atomic E-state index is 10.0. The molecule has 0 saturated heterocycles. The van der Waals surface area contributed by atoms with E-state index in [1.165, 1.54) is 0 Å². The summed E-state index contributed by atoms with van der Waals surface area (Å²) in [6, 6.07) is 0. The van der Waals surface area contributed by atoms with Crippen LogP contribution in [0.4, 0.5) is 0 Å². The van der Waals surface area contributed by atoms with E-state index in [4.69, 9.17) is 0 Å². The number of hydrogen-bond donors (Lipinski definition) is 1. The summed E-state index contributed by atoms with van der Waals surface area (Å²) in [5.74, 6) is 0. The average Bonchev–Trinajstić information content (AvgIpc) is 2.14. The second-order valence-electron chi connectivity index (χ2n) is 1.38. The second kappa shape index (κ2) is 2.13. The molecule has 0 fully saturated rings. The van der Waals surface area contributed by atoms with Crippen LogP contribution in [0.2, 0.25) is 0 Å². The van der Waals surface area contributed by atoms with Crippen LogP contribution in [-0.2, 0) is 0 Å². The predicted octanol–water partition coefficient (Wildman–Crippen LogP) is 1.59. The molecule has 0 bridgehead atoms. The number of aldehydes is 1. The van der Waals surface area contributed by atoms with Gasteiger partial charge >= 0.3 is 0 Å². The van der Waals surface area contributed by atoms with Crippen molar-refractivity contribution in [2.45, 2.75) is 0 Å². The molecule has 8 heavy (non-hydrogen) atoms. The van der Waals surface area contributed by atoms with Gasteiger partial charge in [0.1, 0.15) is 0 Å². The molecular weight excluding hydrogens is 170 g/mol. The number of aromatic nitrogens is 1. The fourth-order valence-corrected chi connectivity index (χ4v) is 0.787. The van der Waals surface area contributed by atoms with Gasteiger partial charge < -0.3 is 4.98 Å². The lowest BCUT2D eigenvalue weighted by Gasteiger charge is -1.76. The lowest BCUT2D eigenvalue weighted by molar-refractivity contribution is 0.112. The van der Waals surface area contributed by atoms with Crippen molar-refractivity contribution in [1.29, 1.82) is 0 Å².